The normalized spacial score (nSPS) is 19.6. The maximum absolute atomic E-state index is 13.5. The zero-order valence-electron chi connectivity index (χ0n) is 10.0. The van der Waals surface area contributed by atoms with Crippen LogP contribution in [0.15, 0.2) is 18.5 Å². The number of hydrogen-bond acceptors (Lipinski definition) is 3. The van der Waals surface area contributed by atoms with Gasteiger partial charge in [-0.2, -0.15) is 0 Å². The third-order valence-electron chi connectivity index (χ3n) is 2.98. The Morgan fingerprint density at radius 2 is 2.44 bits per heavy atom. The Labute approximate surface area is 104 Å². The molecule has 0 spiro atoms. The Morgan fingerprint density at radius 3 is 3.11 bits per heavy atom. The van der Waals surface area contributed by atoms with E-state index >= 15 is 0 Å². The summed E-state index contributed by atoms with van der Waals surface area (Å²) in [7, 11) is 0. The first-order valence-electron chi connectivity index (χ1n) is 5.83. The van der Waals surface area contributed by atoms with Crippen molar-refractivity contribution in [3.63, 3.8) is 0 Å². The molecule has 1 N–H and O–H groups in total. The number of piperazine rings is 1. The van der Waals surface area contributed by atoms with Gasteiger partial charge in [-0.15, -0.1) is 0 Å². The van der Waals surface area contributed by atoms with Gasteiger partial charge in [0.15, 0.2) is 5.82 Å². The molecule has 1 aromatic heterocycles. The van der Waals surface area contributed by atoms with Gasteiger partial charge in [0, 0.05) is 19.3 Å². The molecule has 6 heteroatoms. The van der Waals surface area contributed by atoms with Crippen molar-refractivity contribution in [2.24, 2.45) is 0 Å². The second-order valence-electron chi connectivity index (χ2n) is 4.07. The van der Waals surface area contributed by atoms with Crippen molar-refractivity contribution >= 4 is 11.8 Å². The van der Waals surface area contributed by atoms with E-state index in [0.29, 0.717) is 19.5 Å². The molecule has 1 atom stereocenters. The lowest BCUT2D eigenvalue weighted by molar-refractivity contribution is -0.127. The van der Waals surface area contributed by atoms with Crippen molar-refractivity contribution < 1.29 is 14.0 Å². The van der Waals surface area contributed by atoms with Gasteiger partial charge >= 0.3 is 0 Å². The van der Waals surface area contributed by atoms with Crippen molar-refractivity contribution in [1.29, 1.82) is 0 Å². The average molecular weight is 251 g/mol. The van der Waals surface area contributed by atoms with Crippen LogP contribution in [0.2, 0.25) is 0 Å². The standard InChI is InChI=1S/C12H14FN3O2/c1-2-10-11(17)15-5-6-16(10)12(18)8-3-4-14-7-9(8)13/h3-4,7,10H,2,5-6H2,1H3,(H,15,17). The van der Waals surface area contributed by atoms with E-state index in [2.05, 4.69) is 10.3 Å². The van der Waals surface area contributed by atoms with Crippen molar-refractivity contribution in [3.8, 4) is 0 Å². The molecule has 0 radical (unpaired) electrons. The Balaban J connectivity index is 2.27. The quantitative estimate of drug-likeness (QED) is 0.836. The number of carbonyl (C=O) groups excluding carboxylic acids is 2. The minimum Gasteiger partial charge on any atom is -0.353 e. The first-order valence-corrected chi connectivity index (χ1v) is 5.83. The summed E-state index contributed by atoms with van der Waals surface area (Å²) in [4.78, 5) is 28.9. The number of nitrogens with one attached hydrogen (secondary N) is 1. The zero-order valence-corrected chi connectivity index (χ0v) is 10.0. The molecular formula is C12H14FN3O2. The van der Waals surface area contributed by atoms with Crippen molar-refractivity contribution in [1.82, 2.24) is 15.2 Å². The van der Waals surface area contributed by atoms with Crippen LogP contribution >= 0.6 is 0 Å². The second-order valence-corrected chi connectivity index (χ2v) is 4.07. The SMILES string of the molecule is CCC1C(=O)NCCN1C(=O)c1ccncc1F. The summed E-state index contributed by atoms with van der Waals surface area (Å²) in [5.74, 6) is -1.31. The van der Waals surface area contributed by atoms with Gasteiger partial charge in [0.25, 0.3) is 5.91 Å². The third kappa shape index (κ3) is 2.18. The highest BCUT2D eigenvalue weighted by Crippen LogP contribution is 2.15. The molecule has 1 aliphatic rings. The summed E-state index contributed by atoms with van der Waals surface area (Å²) < 4.78 is 13.5. The molecule has 2 rings (SSSR count). The van der Waals surface area contributed by atoms with Crippen LogP contribution in [-0.2, 0) is 4.79 Å². The van der Waals surface area contributed by atoms with Gasteiger partial charge in [0.1, 0.15) is 6.04 Å². The lowest BCUT2D eigenvalue weighted by Crippen LogP contribution is -2.57. The molecule has 1 unspecified atom stereocenters. The van der Waals surface area contributed by atoms with Gasteiger partial charge in [-0.25, -0.2) is 4.39 Å². The molecule has 96 valence electrons. The number of nitrogens with zero attached hydrogens (tertiary/aromatic N) is 2. The predicted octanol–water partition coefficient (Wildman–Crippen LogP) is 0.571. The maximum atomic E-state index is 13.5. The number of pyridine rings is 1. The molecule has 2 amide bonds. The minimum atomic E-state index is -0.664. The summed E-state index contributed by atoms with van der Waals surface area (Å²) >= 11 is 0. The van der Waals surface area contributed by atoms with Crippen LogP contribution in [-0.4, -0.2) is 40.8 Å². The number of halogens is 1. The fraction of sp³-hybridized carbons (Fsp3) is 0.417. The molecular weight excluding hydrogens is 237 g/mol. The van der Waals surface area contributed by atoms with Gasteiger partial charge in [-0.1, -0.05) is 6.92 Å². The first-order chi connectivity index (χ1) is 8.65. The maximum Gasteiger partial charge on any atom is 0.257 e. The van der Waals surface area contributed by atoms with E-state index in [1.54, 1.807) is 0 Å². The summed E-state index contributed by atoms with van der Waals surface area (Å²) in [6.07, 6.45) is 2.86. The fourth-order valence-corrected chi connectivity index (χ4v) is 2.07. The average Bonchev–Trinajstić information content (AvgIpc) is 2.38. The molecule has 18 heavy (non-hydrogen) atoms. The molecule has 1 saturated heterocycles. The molecule has 0 aliphatic carbocycles. The number of amides is 2. The molecule has 0 saturated carbocycles. The number of carbonyl (C=O) groups is 2. The Bertz CT molecular complexity index is 478. The van der Waals surface area contributed by atoms with Gasteiger partial charge < -0.3 is 10.2 Å². The van der Waals surface area contributed by atoms with Gasteiger partial charge in [-0.3, -0.25) is 14.6 Å². The van der Waals surface area contributed by atoms with Crippen LogP contribution < -0.4 is 5.32 Å². The van der Waals surface area contributed by atoms with Gasteiger partial charge in [-0.05, 0) is 12.5 Å². The highest BCUT2D eigenvalue weighted by atomic mass is 19.1. The number of rotatable bonds is 2. The third-order valence-corrected chi connectivity index (χ3v) is 2.98. The van der Waals surface area contributed by atoms with Crippen molar-refractivity contribution in [2.45, 2.75) is 19.4 Å². The lowest BCUT2D eigenvalue weighted by Gasteiger charge is -2.34. The first kappa shape index (κ1) is 12.5. The second kappa shape index (κ2) is 5.12. The van der Waals surface area contributed by atoms with E-state index in [0.717, 1.165) is 6.20 Å². The molecule has 2 heterocycles. The van der Waals surface area contributed by atoms with Crippen LogP contribution in [0, 0.1) is 5.82 Å². The van der Waals surface area contributed by atoms with Crippen LogP contribution in [0.4, 0.5) is 4.39 Å². The Kier molecular flexibility index (Phi) is 3.55. The zero-order chi connectivity index (χ0) is 13.1. The Hall–Kier alpha value is -1.98. The summed E-state index contributed by atoms with van der Waals surface area (Å²) in [6.45, 7) is 2.61. The minimum absolute atomic E-state index is 0.0434. The highest BCUT2D eigenvalue weighted by molar-refractivity contribution is 5.98. The summed E-state index contributed by atoms with van der Waals surface area (Å²) in [5, 5.41) is 2.70. The van der Waals surface area contributed by atoms with Crippen LogP contribution in [0.25, 0.3) is 0 Å². The summed E-state index contributed by atoms with van der Waals surface area (Å²) in [5.41, 5.74) is -0.0434. The van der Waals surface area contributed by atoms with E-state index in [1.807, 2.05) is 6.92 Å². The van der Waals surface area contributed by atoms with E-state index < -0.39 is 17.8 Å². The van der Waals surface area contributed by atoms with Gasteiger partial charge in [0.2, 0.25) is 5.91 Å². The predicted molar refractivity (Wildman–Crippen MR) is 62.3 cm³/mol. The number of hydrogen-bond donors (Lipinski definition) is 1. The largest absolute Gasteiger partial charge is 0.353 e. The summed E-state index contributed by atoms with van der Waals surface area (Å²) in [6, 6.07) is 0.801. The fourth-order valence-electron chi connectivity index (χ4n) is 2.07. The molecule has 1 fully saturated rings. The molecule has 1 aromatic rings. The highest BCUT2D eigenvalue weighted by Gasteiger charge is 2.32. The van der Waals surface area contributed by atoms with E-state index in [1.165, 1.54) is 17.2 Å². The Morgan fingerprint density at radius 1 is 1.67 bits per heavy atom. The monoisotopic (exact) mass is 251 g/mol. The molecule has 0 bridgehead atoms. The van der Waals surface area contributed by atoms with E-state index in [-0.39, 0.29) is 11.5 Å². The molecule has 1 aliphatic heterocycles. The van der Waals surface area contributed by atoms with Crippen molar-refractivity contribution in [3.05, 3.63) is 29.8 Å². The van der Waals surface area contributed by atoms with E-state index in [4.69, 9.17) is 0 Å². The number of aromatic nitrogens is 1. The van der Waals surface area contributed by atoms with Crippen LogP contribution in [0.1, 0.15) is 23.7 Å². The molecule has 5 nitrogen and oxygen atoms in total. The van der Waals surface area contributed by atoms with Crippen molar-refractivity contribution in [2.75, 3.05) is 13.1 Å². The smallest absolute Gasteiger partial charge is 0.257 e. The van der Waals surface area contributed by atoms with E-state index in [9.17, 15) is 14.0 Å². The lowest BCUT2D eigenvalue weighted by atomic mass is 10.1. The van der Waals surface area contributed by atoms with Crippen LogP contribution in [0.3, 0.4) is 0 Å². The van der Waals surface area contributed by atoms with Crippen LogP contribution in [0.5, 0.6) is 0 Å². The van der Waals surface area contributed by atoms with Gasteiger partial charge in [0.05, 0.1) is 11.8 Å². The topological polar surface area (TPSA) is 62.3 Å². The molecule has 0 aromatic carbocycles.